The van der Waals surface area contributed by atoms with Gasteiger partial charge >= 0.3 is 5.91 Å². The monoisotopic (exact) mass is 419 g/mol. The van der Waals surface area contributed by atoms with Gasteiger partial charge in [-0.15, -0.1) is 0 Å². The maximum absolute atomic E-state index is 14.5. The van der Waals surface area contributed by atoms with E-state index in [0.717, 1.165) is 27.5 Å². The summed E-state index contributed by atoms with van der Waals surface area (Å²) < 4.78 is 14.5. The first kappa shape index (κ1) is 19.2. The van der Waals surface area contributed by atoms with E-state index < -0.39 is 0 Å². The fraction of sp³-hybridized carbons (Fsp3) is 0.200. The van der Waals surface area contributed by atoms with Crippen LogP contribution in [0.2, 0.25) is 0 Å². The fourth-order valence-corrected chi connectivity index (χ4v) is 4.82. The van der Waals surface area contributed by atoms with Gasteiger partial charge in [0.25, 0.3) is 0 Å². The van der Waals surface area contributed by atoms with Gasteiger partial charge < -0.3 is 0 Å². The highest BCUT2D eigenvalue weighted by atomic mass is 35.5. The number of halogens is 2. The molecule has 1 amide bonds. The van der Waals surface area contributed by atoms with E-state index >= 15 is 0 Å². The standard InChI is InChI=1S/C25H20ClFN2O/c1-15-24-19-7-3-2-6-18(19)17(12-16-10-11-23(26)28-14-16)13-20(24)25(30)29(15)22-9-5-4-8-21(22)27/h2-10,13-15,23H,11-12H2,1H3/p+1. The Morgan fingerprint density at radius 2 is 1.87 bits per heavy atom. The number of quaternary nitrogens is 1. The lowest BCUT2D eigenvalue weighted by molar-refractivity contribution is -0.772. The summed E-state index contributed by atoms with van der Waals surface area (Å²) in [6.45, 7) is 1.99. The molecule has 3 atom stereocenters. The molecule has 3 unspecified atom stereocenters. The first-order valence-corrected chi connectivity index (χ1v) is 10.6. The van der Waals surface area contributed by atoms with Crippen molar-refractivity contribution in [1.29, 1.82) is 0 Å². The molecule has 2 aliphatic heterocycles. The third-order valence-corrected chi connectivity index (χ3v) is 6.35. The van der Waals surface area contributed by atoms with Crippen molar-refractivity contribution in [3.05, 3.63) is 88.8 Å². The van der Waals surface area contributed by atoms with Crippen LogP contribution in [0.1, 0.15) is 40.9 Å². The molecule has 3 aromatic carbocycles. The summed E-state index contributed by atoms with van der Waals surface area (Å²) >= 11 is 6.06. The molecule has 3 nitrogen and oxygen atoms in total. The van der Waals surface area contributed by atoms with Crippen molar-refractivity contribution in [2.45, 2.75) is 31.3 Å². The number of fused-ring (bicyclic) bond motifs is 3. The predicted molar refractivity (Wildman–Crippen MR) is 118 cm³/mol. The number of nitrogens with one attached hydrogen (secondary N) is 1. The van der Waals surface area contributed by atoms with Crippen LogP contribution in [0.5, 0.6) is 0 Å². The van der Waals surface area contributed by atoms with Gasteiger partial charge in [0.1, 0.15) is 11.5 Å². The fourth-order valence-electron chi connectivity index (χ4n) is 4.67. The summed E-state index contributed by atoms with van der Waals surface area (Å²) in [7, 11) is 0. The number of para-hydroxylation sites is 1. The van der Waals surface area contributed by atoms with Crippen LogP contribution in [0.25, 0.3) is 10.8 Å². The van der Waals surface area contributed by atoms with Crippen molar-refractivity contribution in [1.82, 2.24) is 0 Å². The van der Waals surface area contributed by atoms with Gasteiger partial charge in [-0.25, -0.2) is 14.1 Å². The molecule has 3 aromatic rings. The number of aliphatic imine (C=N–C) groups is 1. The highest BCUT2D eigenvalue weighted by molar-refractivity contribution is 6.21. The molecule has 150 valence electrons. The third-order valence-electron chi connectivity index (χ3n) is 6.06. The Labute approximate surface area is 179 Å². The number of amides is 1. The lowest BCUT2D eigenvalue weighted by Crippen LogP contribution is -3.08. The van der Waals surface area contributed by atoms with Gasteiger partial charge in [-0.05, 0) is 47.4 Å². The summed E-state index contributed by atoms with van der Waals surface area (Å²) in [5.74, 6) is -0.439. The summed E-state index contributed by atoms with van der Waals surface area (Å²) in [5.41, 5.74) is 4.03. The molecule has 0 aromatic heterocycles. The molecule has 0 saturated heterocycles. The second-order valence-corrected chi connectivity index (χ2v) is 8.39. The van der Waals surface area contributed by atoms with E-state index in [1.165, 1.54) is 6.07 Å². The van der Waals surface area contributed by atoms with E-state index in [2.05, 4.69) is 23.2 Å². The first-order valence-electron chi connectivity index (χ1n) is 10.1. The second kappa shape index (κ2) is 7.46. The van der Waals surface area contributed by atoms with Crippen LogP contribution in [0.4, 0.5) is 10.1 Å². The molecule has 5 rings (SSSR count). The molecule has 2 heterocycles. The highest BCUT2D eigenvalue weighted by Gasteiger charge is 2.43. The number of benzene rings is 3. The van der Waals surface area contributed by atoms with Crippen molar-refractivity contribution in [3.8, 4) is 0 Å². The van der Waals surface area contributed by atoms with E-state index in [9.17, 15) is 9.18 Å². The molecular weight excluding hydrogens is 399 g/mol. The molecule has 30 heavy (non-hydrogen) atoms. The average Bonchev–Trinajstić information content (AvgIpc) is 3.00. The summed E-state index contributed by atoms with van der Waals surface area (Å²) in [4.78, 5) is 18.3. The Hall–Kier alpha value is -2.82. The lowest BCUT2D eigenvalue weighted by Gasteiger charge is -2.17. The number of rotatable bonds is 3. The average molecular weight is 420 g/mol. The normalized spacial score (nSPS) is 23.0. The minimum absolute atomic E-state index is 0.0817. The first-order chi connectivity index (χ1) is 14.5. The Bertz CT molecular complexity index is 1230. The van der Waals surface area contributed by atoms with Crippen molar-refractivity contribution in [2.75, 3.05) is 0 Å². The van der Waals surface area contributed by atoms with Gasteiger partial charge in [-0.2, -0.15) is 0 Å². The number of alkyl halides is 1. The minimum atomic E-state index is -0.357. The van der Waals surface area contributed by atoms with Crippen LogP contribution in [0.15, 0.2) is 71.2 Å². The molecular formula is C25H21ClFN2O+. The van der Waals surface area contributed by atoms with Crippen LogP contribution >= 0.6 is 11.6 Å². The number of hydrogen-bond acceptors (Lipinski definition) is 2. The van der Waals surface area contributed by atoms with Gasteiger partial charge in [-0.1, -0.05) is 54.1 Å². The molecule has 1 N–H and O–H groups in total. The van der Waals surface area contributed by atoms with Gasteiger partial charge in [-0.3, -0.25) is 4.99 Å². The molecule has 0 bridgehead atoms. The van der Waals surface area contributed by atoms with Gasteiger partial charge in [0, 0.05) is 24.3 Å². The van der Waals surface area contributed by atoms with Crippen molar-refractivity contribution >= 4 is 40.2 Å². The lowest BCUT2D eigenvalue weighted by atomic mass is 9.90. The van der Waals surface area contributed by atoms with Crippen LogP contribution in [0.3, 0.4) is 0 Å². The van der Waals surface area contributed by atoms with E-state index in [-0.39, 0.29) is 23.3 Å². The van der Waals surface area contributed by atoms with E-state index in [0.29, 0.717) is 29.0 Å². The topological polar surface area (TPSA) is 33.9 Å². The predicted octanol–water partition coefficient (Wildman–Crippen LogP) is 4.92. The zero-order valence-electron chi connectivity index (χ0n) is 16.5. The van der Waals surface area contributed by atoms with Gasteiger partial charge in [0.15, 0.2) is 11.5 Å². The number of carbonyl (C=O) groups is 1. The Morgan fingerprint density at radius 3 is 2.60 bits per heavy atom. The zero-order chi connectivity index (χ0) is 20.8. The van der Waals surface area contributed by atoms with E-state index in [1.807, 2.05) is 31.3 Å². The maximum Gasteiger partial charge on any atom is 0.350 e. The SMILES string of the molecule is CC1c2c(cc(CC3=CCC(Cl)N=C3)c3ccccc23)C(=O)[NH+]1c1ccccc1F. The number of dihydropyridines is 1. The van der Waals surface area contributed by atoms with Crippen LogP contribution in [0, 0.1) is 5.82 Å². The molecule has 0 aliphatic carbocycles. The molecule has 2 aliphatic rings. The number of allylic oxidation sites excluding steroid dienone is 1. The van der Waals surface area contributed by atoms with Gasteiger partial charge in [0.05, 0.1) is 5.56 Å². The summed E-state index contributed by atoms with van der Waals surface area (Å²) in [6, 6.07) is 16.5. The Kier molecular flexibility index (Phi) is 4.76. The maximum atomic E-state index is 14.5. The van der Waals surface area contributed by atoms with Crippen molar-refractivity contribution in [2.24, 2.45) is 4.99 Å². The second-order valence-electron chi connectivity index (χ2n) is 7.89. The zero-order valence-corrected chi connectivity index (χ0v) is 17.3. The van der Waals surface area contributed by atoms with Crippen LogP contribution in [-0.2, 0) is 6.42 Å². The van der Waals surface area contributed by atoms with Crippen LogP contribution < -0.4 is 4.90 Å². The molecule has 0 spiro atoms. The largest absolute Gasteiger partial charge is 0.350 e. The minimum Gasteiger partial charge on any atom is -0.273 e. The number of carbonyl (C=O) groups excluding carboxylic acids is 1. The number of hydrogen-bond donors (Lipinski definition) is 1. The highest BCUT2D eigenvalue weighted by Crippen LogP contribution is 2.35. The number of nitrogens with zero attached hydrogens (tertiary/aromatic N) is 1. The summed E-state index contributed by atoms with van der Waals surface area (Å²) in [5, 5.41) is 2.17. The van der Waals surface area contributed by atoms with Crippen molar-refractivity contribution in [3.63, 3.8) is 0 Å². The third kappa shape index (κ3) is 3.08. The molecule has 0 saturated carbocycles. The van der Waals surface area contributed by atoms with Gasteiger partial charge in [0.2, 0.25) is 0 Å². The smallest absolute Gasteiger partial charge is 0.273 e. The van der Waals surface area contributed by atoms with Crippen molar-refractivity contribution < 1.29 is 14.1 Å². The summed E-state index contributed by atoms with van der Waals surface area (Å²) in [6.07, 6.45) is 5.31. The van der Waals surface area contributed by atoms with E-state index in [4.69, 9.17) is 11.6 Å². The Balaban J connectivity index is 1.64. The Morgan fingerprint density at radius 1 is 1.13 bits per heavy atom. The van der Waals surface area contributed by atoms with E-state index in [1.54, 1.807) is 18.2 Å². The molecule has 0 fully saturated rings. The molecule has 5 heteroatoms. The molecule has 0 radical (unpaired) electrons. The van der Waals surface area contributed by atoms with Crippen LogP contribution in [-0.4, -0.2) is 17.6 Å². The quantitative estimate of drug-likeness (QED) is 0.474.